The number of fused-ring (bicyclic) bond motifs is 1. The van der Waals surface area contributed by atoms with Crippen LogP contribution >= 0.6 is 0 Å². The van der Waals surface area contributed by atoms with Gasteiger partial charge in [-0.25, -0.2) is 4.79 Å². The highest BCUT2D eigenvalue weighted by Gasteiger charge is 2.23. The largest absolute Gasteiger partial charge is 0.480 e. The van der Waals surface area contributed by atoms with E-state index in [1.54, 1.807) is 0 Å². The van der Waals surface area contributed by atoms with Crippen molar-refractivity contribution in [3.8, 4) is 11.1 Å². The van der Waals surface area contributed by atoms with Crippen molar-refractivity contribution < 1.29 is 9.90 Å². The minimum atomic E-state index is -0.778. The number of hydrogen-bond acceptors (Lipinski definition) is 2. The van der Waals surface area contributed by atoms with E-state index in [4.69, 9.17) is 5.11 Å². The number of anilines is 1. The molecular weight excluding hydrogens is 274 g/mol. The van der Waals surface area contributed by atoms with Crippen LogP contribution in [0.4, 0.5) is 5.69 Å². The maximum absolute atomic E-state index is 11.1. The lowest BCUT2D eigenvalue weighted by atomic mass is 9.90. The zero-order valence-corrected chi connectivity index (χ0v) is 13.2. The second-order valence-corrected chi connectivity index (χ2v) is 6.13. The Kier molecular flexibility index (Phi) is 3.65. The van der Waals surface area contributed by atoms with Crippen LogP contribution in [0.3, 0.4) is 0 Å². The summed E-state index contributed by atoms with van der Waals surface area (Å²) in [5, 5.41) is 12.2. The monoisotopic (exact) mass is 295 g/mol. The minimum Gasteiger partial charge on any atom is -0.480 e. The van der Waals surface area contributed by atoms with Gasteiger partial charge in [0.1, 0.15) is 6.04 Å². The summed E-state index contributed by atoms with van der Waals surface area (Å²) in [6.45, 7) is 6.45. The van der Waals surface area contributed by atoms with Gasteiger partial charge in [0.15, 0.2) is 0 Å². The number of benzene rings is 2. The number of hydrogen-bond donors (Lipinski definition) is 2. The fourth-order valence-corrected chi connectivity index (χ4v) is 3.12. The number of aryl methyl sites for hydroxylation is 2. The molecule has 2 aromatic carbocycles. The van der Waals surface area contributed by atoms with Crippen LogP contribution in [0.1, 0.15) is 28.7 Å². The van der Waals surface area contributed by atoms with Crippen LogP contribution in [0.15, 0.2) is 30.3 Å². The maximum atomic E-state index is 11.1. The van der Waals surface area contributed by atoms with Gasteiger partial charge in [-0.2, -0.15) is 0 Å². The van der Waals surface area contributed by atoms with Crippen molar-refractivity contribution in [3.05, 3.63) is 52.6 Å². The van der Waals surface area contributed by atoms with E-state index in [1.165, 1.54) is 33.4 Å². The molecule has 22 heavy (non-hydrogen) atoms. The molecule has 1 aliphatic heterocycles. The third kappa shape index (κ3) is 2.47. The first kappa shape index (κ1) is 14.6. The van der Waals surface area contributed by atoms with Crippen LogP contribution in [0.5, 0.6) is 0 Å². The van der Waals surface area contributed by atoms with Crippen molar-refractivity contribution in [1.29, 1.82) is 0 Å². The summed E-state index contributed by atoms with van der Waals surface area (Å²) in [4.78, 5) is 11.1. The molecule has 0 aliphatic carbocycles. The molecule has 0 saturated carbocycles. The summed E-state index contributed by atoms with van der Waals surface area (Å²) in [6, 6.07) is 10.1. The van der Waals surface area contributed by atoms with E-state index in [0.29, 0.717) is 6.42 Å². The SMILES string of the molecule is Cc1ccc(-c2ccc3c(c2)CCC(C(=O)O)N3)c(C)c1C. The van der Waals surface area contributed by atoms with Crippen molar-refractivity contribution in [1.82, 2.24) is 0 Å². The number of rotatable bonds is 2. The van der Waals surface area contributed by atoms with Gasteiger partial charge in [-0.1, -0.05) is 18.2 Å². The molecule has 3 rings (SSSR count). The van der Waals surface area contributed by atoms with E-state index >= 15 is 0 Å². The molecule has 2 N–H and O–H groups in total. The second kappa shape index (κ2) is 5.48. The number of carboxylic acid groups (broad SMARTS) is 1. The lowest BCUT2D eigenvalue weighted by Gasteiger charge is -2.25. The average Bonchev–Trinajstić information content (AvgIpc) is 2.51. The Hall–Kier alpha value is -2.29. The molecule has 0 bridgehead atoms. The van der Waals surface area contributed by atoms with Crippen LogP contribution in [0.25, 0.3) is 11.1 Å². The van der Waals surface area contributed by atoms with Gasteiger partial charge in [-0.3, -0.25) is 0 Å². The molecule has 0 saturated heterocycles. The van der Waals surface area contributed by atoms with Crippen molar-refractivity contribution >= 4 is 11.7 Å². The maximum Gasteiger partial charge on any atom is 0.326 e. The van der Waals surface area contributed by atoms with Crippen molar-refractivity contribution in [2.75, 3.05) is 5.32 Å². The zero-order valence-electron chi connectivity index (χ0n) is 13.2. The normalized spacial score (nSPS) is 16.8. The molecule has 3 heteroatoms. The van der Waals surface area contributed by atoms with Gasteiger partial charge >= 0.3 is 5.97 Å². The summed E-state index contributed by atoms with van der Waals surface area (Å²) >= 11 is 0. The third-order valence-electron chi connectivity index (χ3n) is 4.80. The highest BCUT2D eigenvalue weighted by molar-refractivity contribution is 5.80. The molecule has 1 unspecified atom stereocenters. The molecule has 3 nitrogen and oxygen atoms in total. The number of nitrogens with one attached hydrogen (secondary N) is 1. The summed E-state index contributed by atoms with van der Waals surface area (Å²) in [7, 11) is 0. The molecular formula is C19H21NO2. The molecule has 1 heterocycles. The highest BCUT2D eigenvalue weighted by Crippen LogP contribution is 2.33. The number of aliphatic carboxylic acids is 1. The third-order valence-corrected chi connectivity index (χ3v) is 4.80. The van der Waals surface area contributed by atoms with Crippen LogP contribution in [0.2, 0.25) is 0 Å². The Morgan fingerprint density at radius 1 is 1.14 bits per heavy atom. The molecule has 1 atom stereocenters. The zero-order chi connectivity index (χ0) is 15.9. The Morgan fingerprint density at radius 2 is 1.91 bits per heavy atom. The fourth-order valence-electron chi connectivity index (χ4n) is 3.12. The quantitative estimate of drug-likeness (QED) is 0.877. The van der Waals surface area contributed by atoms with Gasteiger partial charge in [0.2, 0.25) is 0 Å². The predicted octanol–water partition coefficient (Wildman–Crippen LogP) is 4.09. The first-order valence-electron chi connectivity index (χ1n) is 7.67. The summed E-state index contributed by atoms with van der Waals surface area (Å²) in [5.74, 6) is -0.778. The molecule has 2 aromatic rings. The summed E-state index contributed by atoms with van der Waals surface area (Å²) in [5.41, 5.74) is 8.56. The average molecular weight is 295 g/mol. The van der Waals surface area contributed by atoms with Crippen LogP contribution < -0.4 is 5.32 Å². The van der Waals surface area contributed by atoms with Crippen LogP contribution in [0, 0.1) is 20.8 Å². The molecule has 0 fully saturated rings. The van der Waals surface area contributed by atoms with E-state index in [-0.39, 0.29) is 0 Å². The van der Waals surface area contributed by atoms with E-state index in [9.17, 15) is 4.79 Å². The molecule has 0 radical (unpaired) electrons. The molecule has 1 aliphatic rings. The molecule has 0 aromatic heterocycles. The van der Waals surface area contributed by atoms with Gasteiger partial charge in [-0.15, -0.1) is 0 Å². The van der Waals surface area contributed by atoms with Gasteiger partial charge < -0.3 is 10.4 Å². The standard InChI is InChI=1S/C19H21NO2/c1-11-4-7-16(13(3)12(11)2)14-5-8-17-15(10-14)6-9-18(20-17)19(21)22/h4-5,7-8,10,18,20H,6,9H2,1-3H3,(H,21,22). The second-order valence-electron chi connectivity index (χ2n) is 6.13. The molecule has 0 spiro atoms. The fraction of sp³-hybridized carbons (Fsp3) is 0.316. The van der Waals surface area contributed by atoms with Gasteiger partial charge in [0.05, 0.1) is 0 Å². The van der Waals surface area contributed by atoms with Crippen molar-refractivity contribution in [2.45, 2.75) is 39.7 Å². The highest BCUT2D eigenvalue weighted by atomic mass is 16.4. The van der Waals surface area contributed by atoms with E-state index in [0.717, 1.165) is 12.1 Å². The van der Waals surface area contributed by atoms with E-state index in [2.05, 4.69) is 50.4 Å². The lowest BCUT2D eigenvalue weighted by molar-refractivity contribution is -0.138. The topological polar surface area (TPSA) is 49.3 Å². The van der Waals surface area contributed by atoms with Gasteiger partial charge in [-0.05, 0) is 79.1 Å². The van der Waals surface area contributed by atoms with Crippen LogP contribution in [-0.2, 0) is 11.2 Å². The van der Waals surface area contributed by atoms with E-state index < -0.39 is 12.0 Å². The minimum absolute atomic E-state index is 0.471. The number of carbonyl (C=O) groups is 1. The molecule has 114 valence electrons. The number of carboxylic acids is 1. The van der Waals surface area contributed by atoms with Gasteiger partial charge in [0.25, 0.3) is 0 Å². The predicted molar refractivity (Wildman–Crippen MR) is 89.5 cm³/mol. The summed E-state index contributed by atoms with van der Waals surface area (Å²) < 4.78 is 0. The molecule has 0 amide bonds. The lowest BCUT2D eigenvalue weighted by Crippen LogP contribution is -2.33. The van der Waals surface area contributed by atoms with Crippen molar-refractivity contribution in [2.24, 2.45) is 0 Å². The first-order chi connectivity index (χ1) is 10.5. The Bertz CT molecular complexity index is 749. The Balaban J connectivity index is 1.99. The van der Waals surface area contributed by atoms with Crippen LogP contribution in [-0.4, -0.2) is 17.1 Å². The van der Waals surface area contributed by atoms with E-state index in [1.807, 2.05) is 6.07 Å². The smallest absolute Gasteiger partial charge is 0.326 e. The van der Waals surface area contributed by atoms with Crippen molar-refractivity contribution in [3.63, 3.8) is 0 Å². The summed E-state index contributed by atoms with van der Waals surface area (Å²) in [6.07, 6.45) is 1.44. The Morgan fingerprint density at radius 3 is 2.64 bits per heavy atom. The first-order valence-corrected chi connectivity index (χ1v) is 7.67. The van der Waals surface area contributed by atoms with Gasteiger partial charge in [0, 0.05) is 5.69 Å². The Labute approximate surface area is 131 Å².